The second-order valence-electron chi connectivity index (χ2n) is 9.47. The molecule has 0 bridgehead atoms. The number of carbonyl (C=O) groups excluding carboxylic acids is 1. The van der Waals surface area contributed by atoms with Gasteiger partial charge in [0.05, 0.1) is 26.4 Å². The van der Waals surface area contributed by atoms with Gasteiger partial charge in [-0.3, -0.25) is 9.59 Å². The van der Waals surface area contributed by atoms with Gasteiger partial charge in [-0.2, -0.15) is 15.0 Å². The van der Waals surface area contributed by atoms with Gasteiger partial charge in [-0.1, -0.05) is 50.3 Å². The molecule has 1 aromatic heterocycles. The smallest absolute Gasteiger partial charge is 0.325 e. The van der Waals surface area contributed by atoms with Crippen LogP contribution in [0, 0.1) is 0 Å². The zero-order chi connectivity index (χ0) is 27.7. The molecule has 1 fully saturated rings. The summed E-state index contributed by atoms with van der Waals surface area (Å²) >= 11 is 0. The van der Waals surface area contributed by atoms with E-state index in [0.29, 0.717) is 57.0 Å². The van der Waals surface area contributed by atoms with E-state index >= 15 is 0 Å². The average Bonchev–Trinajstić information content (AvgIpc) is 2.91. The lowest BCUT2D eigenvalue weighted by atomic mass is 9.97. The first-order chi connectivity index (χ1) is 19.0. The van der Waals surface area contributed by atoms with Gasteiger partial charge in [-0.25, -0.2) is 0 Å². The fourth-order valence-electron chi connectivity index (χ4n) is 4.11. The molecular formula is C27H41N7O5. The number of carboxylic acid groups (broad SMARTS) is 1. The number of rotatable bonds is 16. The molecule has 1 aromatic carbocycles. The molecule has 1 aliphatic rings. The quantitative estimate of drug-likeness (QED) is 0.198. The van der Waals surface area contributed by atoms with E-state index in [1.807, 2.05) is 18.2 Å². The normalized spacial score (nSPS) is 15.0. The molecule has 0 spiro atoms. The monoisotopic (exact) mass is 543 g/mol. The highest BCUT2D eigenvalue weighted by molar-refractivity contribution is 5.94. The van der Waals surface area contributed by atoms with Crippen molar-refractivity contribution in [2.24, 2.45) is 0 Å². The third-order valence-corrected chi connectivity index (χ3v) is 6.26. The van der Waals surface area contributed by atoms with Crippen molar-refractivity contribution in [3.05, 3.63) is 35.9 Å². The summed E-state index contributed by atoms with van der Waals surface area (Å²) in [7, 11) is 0. The van der Waals surface area contributed by atoms with Crippen molar-refractivity contribution in [3.63, 3.8) is 0 Å². The summed E-state index contributed by atoms with van der Waals surface area (Å²) in [5.41, 5.74) is 0.619. The lowest BCUT2D eigenvalue weighted by molar-refractivity contribution is -0.137. The fourth-order valence-corrected chi connectivity index (χ4v) is 4.11. The summed E-state index contributed by atoms with van der Waals surface area (Å²) in [5.74, 6) is -0.156. The Hall–Kier alpha value is -3.51. The van der Waals surface area contributed by atoms with Crippen molar-refractivity contribution in [1.82, 2.24) is 20.3 Å². The van der Waals surface area contributed by atoms with Gasteiger partial charge in [0.25, 0.3) is 5.91 Å². The highest BCUT2D eigenvalue weighted by Gasteiger charge is 2.17. The Balaban J connectivity index is 1.37. The molecule has 0 radical (unpaired) electrons. The molecule has 1 heterocycles. The van der Waals surface area contributed by atoms with Gasteiger partial charge in [0.15, 0.2) is 0 Å². The number of hydrogen-bond donors (Lipinski definition) is 5. The maximum atomic E-state index is 12.0. The minimum atomic E-state index is -0.992. The van der Waals surface area contributed by atoms with Gasteiger partial charge >= 0.3 is 5.97 Å². The van der Waals surface area contributed by atoms with Crippen molar-refractivity contribution in [3.8, 4) is 0 Å². The first-order valence-electron chi connectivity index (χ1n) is 13.8. The highest BCUT2D eigenvalue weighted by atomic mass is 16.5. The molecule has 0 saturated heterocycles. The number of carbonyl (C=O) groups is 2. The lowest BCUT2D eigenvalue weighted by Gasteiger charge is -2.21. The molecule has 12 nitrogen and oxygen atoms in total. The van der Waals surface area contributed by atoms with E-state index in [4.69, 9.17) is 9.47 Å². The van der Waals surface area contributed by atoms with E-state index in [1.165, 1.54) is 39.0 Å². The molecule has 3 rings (SSSR count). The molecule has 214 valence electrons. The highest BCUT2D eigenvalue weighted by Crippen LogP contribution is 2.20. The van der Waals surface area contributed by atoms with Crippen molar-refractivity contribution in [2.45, 2.75) is 64.0 Å². The van der Waals surface area contributed by atoms with Crippen LogP contribution in [0.25, 0.3) is 0 Å². The molecule has 1 saturated carbocycles. The molecular weight excluding hydrogens is 502 g/mol. The Bertz CT molecular complexity index is 1000. The Labute approximate surface area is 229 Å². The van der Waals surface area contributed by atoms with E-state index in [1.54, 1.807) is 12.1 Å². The Morgan fingerprint density at radius 1 is 0.872 bits per heavy atom. The van der Waals surface area contributed by atoms with Crippen LogP contribution in [-0.2, 0) is 14.3 Å². The SMILES string of the molecule is C[C@H](Nc1nc(NCCOCCOCCNC(=O)c2ccccc2)nc(NC2CCCCCCC2)n1)C(=O)O. The third-order valence-electron chi connectivity index (χ3n) is 6.26. The predicted octanol–water partition coefficient (Wildman–Crippen LogP) is 3.16. The molecule has 0 aliphatic heterocycles. The summed E-state index contributed by atoms with van der Waals surface area (Å²) in [5, 5.41) is 21.4. The first-order valence-corrected chi connectivity index (χ1v) is 13.8. The first kappa shape index (κ1) is 30.0. The largest absolute Gasteiger partial charge is 0.480 e. The van der Waals surface area contributed by atoms with Crippen molar-refractivity contribution < 1.29 is 24.2 Å². The number of anilines is 3. The number of nitrogens with zero attached hydrogens (tertiary/aromatic N) is 3. The van der Waals surface area contributed by atoms with Crippen molar-refractivity contribution in [1.29, 1.82) is 0 Å². The summed E-state index contributed by atoms with van der Waals surface area (Å²) < 4.78 is 11.1. The fraction of sp³-hybridized carbons (Fsp3) is 0.593. The predicted molar refractivity (Wildman–Crippen MR) is 149 cm³/mol. The van der Waals surface area contributed by atoms with E-state index in [0.717, 1.165) is 12.8 Å². The summed E-state index contributed by atoms with van der Waals surface area (Å²) in [4.78, 5) is 36.5. The Kier molecular flexibility index (Phi) is 13.2. The number of aromatic nitrogens is 3. The number of benzene rings is 1. The molecule has 1 atom stereocenters. The zero-order valence-corrected chi connectivity index (χ0v) is 22.7. The minimum absolute atomic E-state index is 0.126. The maximum absolute atomic E-state index is 12.0. The summed E-state index contributed by atoms with van der Waals surface area (Å²) in [6, 6.07) is 8.47. The Morgan fingerprint density at radius 3 is 2.18 bits per heavy atom. The molecule has 0 unspecified atom stereocenters. The van der Waals surface area contributed by atoms with Crippen LogP contribution < -0.4 is 21.3 Å². The van der Waals surface area contributed by atoms with Crippen LogP contribution in [0.3, 0.4) is 0 Å². The van der Waals surface area contributed by atoms with E-state index in [9.17, 15) is 14.7 Å². The van der Waals surface area contributed by atoms with E-state index in [2.05, 4.69) is 36.2 Å². The van der Waals surface area contributed by atoms with Gasteiger partial charge < -0.3 is 35.8 Å². The number of nitrogens with one attached hydrogen (secondary N) is 4. The Morgan fingerprint density at radius 2 is 1.49 bits per heavy atom. The van der Waals surface area contributed by atoms with Gasteiger partial charge in [0.1, 0.15) is 6.04 Å². The average molecular weight is 544 g/mol. The number of carboxylic acids is 1. The minimum Gasteiger partial charge on any atom is -0.480 e. The molecule has 1 amide bonds. The van der Waals surface area contributed by atoms with Crippen LogP contribution in [-0.4, -0.2) is 83.5 Å². The molecule has 2 aromatic rings. The van der Waals surface area contributed by atoms with Crippen LogP contribution in [0.5, 0.6) is 0 Å². The van der Waals surface area contributed by atoms with Gasteiger partial charge in [0, 0.05) is 24.7 Å². The zero-order valence-electron chi connectivity index (χ0n) is 22.7. The van der Waals surface area contributed by atoms with E-state index < -0.39 is 12.0 Å². The van der Waals surface area contributed by atoms with Crippen LogP contribution in [0.2, 0.25) is 0 Å². The van der Waals surface area contributed by atoms with E-state index in [-0.39, 0.29) is 17.9 Å². The van der Waals surface area contributed by atoms with Crippen LogP contribution in [0.15, 0.2) is 30.3 Å². The van der Waals surface area contributed by atoms with Gasteiger partial charge in [-0.15, -0.1) is 0 Å². The second kappa shape index (κ2) is 17.2. The maximum Gasteiger partial charge on any atom is 0.325 e. The number of ether oxygens (including phenoxy) is 2. The van der Waals surface area contributed by atoms with Crippen molar-refractivity contribution in [2.75, 3.05) is 55.5 Å². The molecule has 39 heavy (non-hydrogen) atoms. The topological polar surface area (TPSA) is 160 Å². The summed E-state index contributed by atoms with van der Waals surface area (Å²) in [6.07, 6.45) is 8.20. The number of amides is 1. The molecule has 5 N–H and O–H groups in total. The van der Waals surface area contributed by atoms with Gasteiger partial charge in [-0.05, 0) is 31.9 Å². The lowest BCUT2D eigenvalue weighted by Crippen LogP contribution is -2.28. The van der Waals surface area contributed by atoms with Crippen molar-refractivity contribution >= 4 is 29.7 Å². The standard InChI is InChI=1S/C27H41N7O5/c1-20(24(36)37)30-26-32-25(33-27(34-26)31-22-12-8-3-2-4-9-13-22)29-15-17-39-19-18-38-16-14-28-23(35)21-10-6-5-7-11-21/h5-7,10-11,20,22H,2-4,8-9,12-19H2,1H3,(H,28,35)(H,36,37)(H3,29,30,31,32,33,34)/t20-/m0/s1. The van der Waals surface area contributed by atoms with Gasteiger partial charge in [0.2, 0.25) is 17.8 Å². The number of hydrogen-bond acceptors (Lipinski definition) is 10. The summed E-state index contributed by atoms with van der Waals surface area (Å²) in [6.45, 7) is 4.02. The van der Waals surface area contributed by atoms with Crippen LogP contribution in [0.4, 0.5) is 17.8 Å². The second-order valence-corrected chi connectivity index (χ2v) is 9.47. The number of aliphatic carboxylic acids is 1. The molecule has 1 aliphatic carbocycles. The van der Waals surface area contributed by atoms with Crippen LogP contribution in [0.1, 0.15) is 62.2 Å². The van der Waals surface area contributed by atoms with Crippen LogP contribution >= 0.6 is 0 Å². The molecule has 12 heteroatoms. The third kappa shape index (κ3) is 11.8.